The van der Waals surface area contributed by atoms with Crippen LogP contribution in [0.15, 0.2) is 4.52 Å². The molecule has 0 aliphatic rings. The first kappa shape index (κ1) is 9.50. The van der Waals surface area contributed by atoms with E-state index in [1.165, 1.54) is 17.7 Å². The van der Waals surface area contributed by atoms with E-state index >= 15 is 0 Å². The standard InChI is InChI=1S/C7H9N2O2.Li/c1-7(2,3)6-8-5(4-10)9-11-6;/h1-3H3;. The van der Waals surface area contributed by atoms with Gasteiger partial charge in [-0.05, 0) is 0 Å². The second-order valence-electron chi connectivity index (χ2n) is 3.73. The van der Waals surface area contributed by atoms with Crippen molar-refractivity contribution in [3.63, 3.8) is 0 Å². The van der Waals surface area contributed by atoms with Crippen LogP contribution >= 0.6 is 0 Å². The summed E-state index contributed by atoms with van der Waals surface area (Å²) >= 11 is 1.41. The molecule has 0 amide bonds. The molecule has 0 aliphatic carbocycles. The van der Waals surface area contributed by atoms with Crippen LogP contribution < -0.4 is 0 Å². The maximum absolute atomic E-state index is 10.8. The van der Waals surface area contributed by atoms with E-state index in [0.29, 0.717) is 5.89 Å². The van der Waals surface area contributed by atoms with Crippen molar-refractivity contribution < 1.29 is 9.32 Å². The van der Waals surface area contributed by atoms with E-state index < -0.39 is 0 Å². The van der Waals surface area contributed by atoms with Crippen LogP contribution in [0.2, 0.25) is 0 Å². The summed E-state index contributed by atoms with van der Waals surface area (Å²) in [4.78, 5) is 14.8. The number of aromatic nitrogens is 2. The number of nitrogens with zero attached hydrogens (tertiary/aromatic N) is 2. The Morgan fingerprint density at radius 1 is 1.50 bits per heavy atom. The third-order valence-electron chi connectivity index (χ3n) is 1.38. The average Bonchev–Trinajstić information content (AvgIpc) is 2.30. The molecular formula is C7H9LiN2O2. The monoisotopic (exact) mass is 160 g/mol. The van der Waals surface area contributed by atoms with Gasteiger partial charge in [0, 0.05) is 0 Å². The van der Waals surface area contributed by atoms with Crippen LogP contribution in [-0.4, -0.2) is 32.3 Å². The number of carbonyl (C=O) groups excluding carboxylic acids is 1. The predicted molar refractivity (Wildman–Crippen MR) is 43.1 cm³/mol. The van der Waals surface area contributed by atoms with Gasteiger partial charge in [-0.1, -0.05) is 0 Å². The van der Waals surface area contributed by atoms with Crippen molar-refractivity contribution >= 4 is 22.2 Å². The van der Waals surface area contributed by atoms with Crippen molar-refractivity contribution in [3.8, 4) is 0 Å². The van der Waals surface area contributed by atoms with Gasteiger partial charge in [0.2, 0.25) is 0 Å². The molecule has 60 valence electrons. The van der Waals surface area contributed by atoms with Gasteiger partial charge in [-0.25, -0.2) is 0 Å². The molecule has 0 spiro atoms. The van der Waals surface area contributed by atoms with E-state index in [4.69, 9.17) is 4.52 Å². The predicted octanol–water partition coefficient (Wildman–Crippen LogP) is 0.676. The van der Waals surface area contributed by atoms with Gasteiger partial charge in [-0.3, -0.25) is 0 Å². The molecule has 1 aromatic rings. The Bertz CT molecular complexity index is 301. The summed E-state index contributed by atoms with van der Waals surface area (Å²) in [7, 11) is 0. The first-order valence-corrected chi connectivity index (χ1v) is 3.76. The summed E-state index contributed by atoms with van der Waals surface area (Å²) in [6, 6.07) is 0. The molecule has 0 unspecified atom stereocenters. The molecule has 0 atom stereocenters. The zero-order valence-electron chi connectivity index (χ0n) is 7.71. The van der Waals surface area contributed by atoms with Gasteiger partial charge < -0.3 is 0 Å². The van der Waals surface area contributed by atoms with Crippen molar-refractivity contribution in [2.24, 2.45) is 0 Å². The van der Waals surface area contributed by atoms with Crippen molar-refractivity contribution in [1.82, 2.24) is 10.1 Å². The summed E-state index contributed by atoms with van der Waals surface area (Å²) in [5, 5.41) is 3.55. The van der Waals surface area contributed by atoms with Crippen LogP contribution in [0.3, 0.4) is 0 Å². The molecule has 5 heteroatoms. The quantitative estimate of drug-likeness (QED) is 0.566. The van der Waals surface area contributed by atoms with Crippen LogP contribution in [-0.2, 0) is 5.41 Å². The number of hydrogen-bond donors (Lipinski definition) is 0. The molecular weight excluding hydrogens is 151 g/mol. The molecule has 0 radical (unpaired) electrons. The normalized spacial score (nSPS) is 11.8. The summed E-state index contributed by atoms with van der Waals surface area (Å²) in [6.45, 7) is 5.85. The molecule has 0 N–H and O–H groups in total. The van der Waals surface area contributed by atoms with Crippen LogP contribution in [0, 0.1) is 0 Å². The van der Waals surface area contributed by atoms with Gasteiger partial charge in [-0.2, -0.15) is 0 Å². The Balaban J connectivity index is 3.00. The number of carbonyl (C=O) groups is 1. The first-order valence-electron chi connectivity index (χ1n) is 3.76. The summed E-state index contributed by atoms with van der Waals surface area (Å²) in [5.74, 6) is 0.646. The SMILES string of the molecule is [Li][C](=O)c1noc(C(C)(C)C)n1. The van der Waals surface area contributed by atoms with E-state index in [0.717, 1.165) is 0 Å². The van der Waals surface area contributed by atoms with Crippen LogP contribution in [0.4, 0.5) is 0 Å². The Morgan fingerprint density at radius 2 is 2.08 bits per heavy atom. The van der Waals surface area contributed by atoms with Gasteiger partial charge in [0.25, 0.3) is 0 Å². The second-order valence-corrected chi connectivity index (χ2v) is 3.73. The van der Waals surface area contributed by atoms with Gasteiger partial charge in [-0.15, -0.1) is 0 Å². The Kier molecular flexibility index (Phi) is 2.41. The van der Waals surface area contributed by atoms with Crippen molar-refractivity contribution in [2.45, 2.75) is 26.2 Å². The molecule has 0 saturated heterocycles. The first-order chi connectivity index (χ1) is 5.41. The summed E-state index contributed by atoms with van der Waals surface area (Å²) in [6.07, 6.45) is 0. The van der Waals surface area contributed by atoms with Gasteiger partial charge >= 0.3 is 79.5 Å². The fraction of sp³-hybridized carbons (Fsp3) is 0.571. The zero-order valence-corrected chi connectivity index (χ0v) is 7.71. The molecule has 0 aromatic carbocycles. The van der Waals surface area contributed by atoms with Gasteiger partial charge in [0.1, 0.15) is 0 Å². The summed E-state index contributed by atoms with van der Waals surface area (Å²) in [5.41, 5.74) is -0.194. The fourth-order valence-electron chi connectivity index (χ4n) is 0.671. The van der Waals surface area contributed by atoms with Crippen molar-refractivity contribution in [3.05, 3.63) is 11.7 Å². The van der Waals surface area contributed by atoms with Crippen LogP contribution in [0.25, 0.3) is 0 Å². The maximum atomic E-state index is 10.8. The Morgan fingerprint density at radius 3 is 2.33 bits per heavy atom. The third-order valence-corrected chi connectivity index (χ3v) is 1.38. The molecule has 0 bridgehead atoms. The molecule has 0 aliphatic heterocycles. The van der Waals surface area contributed by atoms with Crippen molar-refractivity contribution in [1.29, 1.82) is 0 Å². The van der Waals surface area contributed by atoms with E-state index in [1.807, 2.05) is 20.8 Å². The average molecular weight is 160 g/mol. The number of rotatable bonds is 1. The Hall–Kier alpha value is -0.593. The van der Waals surface area contributed by atoms with Crippen molar-refractivity contribution in [2.75, 3.05) is 0 Å². The molecule has 1 aromatic heterocycles. The molecule has 12 heavy (non-hydrogen) atoms. The van der Waals surface area contributed by atoms with Gasteiger partial charge in [0.15, 0.2) is 0 Å². The Labute approximate surface area is 79.9 Å². The van der Waals surface area contributed by atoms with E-state index in [2.05, 4.69) is 10.1 Å². The van der Waals surface area contributed by atoms with E-state index in [1.54, 1.807) is 0 Å². The van der Waals surface area contributed by atoms with Crippen LogP contribution in [0.5, 0.6) is 0 Å². The molecule has 1 rings (SSSR count). The summed E-state index contributed by atoms with van der Waals surface area (Å²) < 4.78 is 4.74. The molecule has 0 saturated carbocycles. The van der Waals surface area contributed by atoms with E-state index in [9.17, 15) is 4.79 Å². The van der Waals surface area contributed by atoms with Gasteiger partial charge in [0.05, 0.1) is 0 Å². The molecule has 4 nitrogen and oxygen atoms in total. The second kappa shape index (κ2) is 3.04. The minimum atomic E-state index is -0.194. The van der Waals surface area contributed by atoms with Crippen LogP contribution in [0.1, 0.15) is 37.3 Å². The van der Waals surface area contributed by atoms with E-state index in [-0.39, 0.29) is 15.7 Å². The molecule has 0 fully saturated rings. The topological polar surface area (TPSA) is 56.0 Å². The zero-order chi connectivity index (χ0) is 9.35. The molecule has 1 heterocycles. The number of hydrogen-bond acceptors (Lipinski definition) is 4. The fourth-order valence-corrected chi connectivity index (χ4v) is 0.671. The minimum absolute atomic E-state index is 0.153. The third kappa shape index (κ3) is 1.96.